The predicted octanol–water partition coefficient (Wildman–Crippen LogP) is 5.90. The Morgan fingerprint density at radius 3 is 2.53 bits per heavy atom. The first-order valence-corrected chi connectivity index (χ1v) is 18.2. The third-order valence-electron chi connectivity index (χ3n) is 9.25. The second kappa shape index (κ2) is 19.4. The lowest BCUT2D eigenvalue weighted by Gasteiger charge is -2.19. The SMILES string of the molecule is CCOC(=O)[C@H](CO)NCc1cc(Cl)c(OCc2cccc(-c3cccc(OCCCN4CC[C@@H](O)C4)c3C)c2C)cc1OCc1cncc(C#N)c1. The average Bonchev–Trinajstić information content (AvgIpc) is 3.58. The van der Waals surface area contributed by atoms with E-state index in [2.05, 4.69) is 47.3 Å². The maximum atomic E-state index is 12.3. The molecule has 11 nitrogen and oxygen atoms in total. The van der Waals surface area contributed by atoms with Gasteiger partial charge in [-0.15, -0.1) is 0 Å². The summed E-state index contributed by atoms with van der Waals surface area (Å²) in [4.78, 5) is 18.7. The summed E-state index contributed by atoms with van der Waals surface area (Å²) in [6, 6.07) is 18.5. The van der Waals surface area contributed by atoms with E-state index in [4.69, 9.17) is 30.5 Å². The van der Waals surface area contributed by atoms with E-state index in [1.165, 1.54) is 6.20 Å². The molecule has 1 aliphatic heterocycles. The summed E-state index contributed by atoms with van der Waals surface area (Å²) in [5.74, 6) is 1.13. The number of carbonyl (C=O) groups excluding carboxylic acids is 1. The maximum absolute atomic E-state index is 12.3. The highest BCUT2D eigenvalue weighted by atomic mass is 35.5. The molecule has 1 fully saturated rings. The van der Waals surface area contributed by atoms with E-state index in [-0.39, 0.29) is 32.5 Å². The van der Waals surface area contributed by atoms with Crippen LogP contribution in [0.5, 0.6) is 17.2 Å². The van der Waals surface area contributed by atoms with Gasteiger partial charge in [-0.3, -0.25) is 15.1 Å². The fraction of sp³-hybridized carbons (Fsp3) is 0.390. The number of carbonyl (C=O) groups is 1. The van der Waals surface area contributed by atoms with Crippen molar-refractivity contribution >= 4 is 17.6 Å². The highest BCUT2D eigenvalue weighted by Gasteiger charge is 2.21. The quantitative estimate of drug-likeness (QED) is 0.0828. The molecular weight excluding hydrogens is 696 g/mol. The van der Waals surface area contributed by atoms with E-state index < -0.39 is 18.6 Å². The molecule has 2 atom stereocenters. The molecule has 3 N–H and O–H groups in total. The van der Waals surface area contributed by atoms with Crippen molar-refractivity contribution in [3.8, 4) is 34.4 Å². The number of esters is 1. The Labute approximate surface area is 316 Å². The molecule has 4 aromatic rings. The van der Waals surface area contributed by atoms with Gasteiger partial charge < -0.3 is 34.1 Å². The molecule has 2 heterocycles. The summed E-state index contributed by atoms with van der Waals surface area (Å²) in [6.45, 7) is 9.25. The summed E-state index contributed by atoms with van der Waals surface area (Å²) in [5, 5.41) is 32.2. The molecule has 3 aromatic carbocycles. The average molecular weight is 743 g/mol. The van der Waals surface area contributed by atoms with Crippen LogP contribution in [0.1, 0.15) is 53.1 Å². The van der Waals surface area contributed by atoms with Crippen molar-refractivity contribution in [2.45, 2.75) is 65.5 Å². The highest BCUT2D eigenvalue weighted by Crippen LogP contribution is 2.36. The van der Waals surface area contributed by atoms with Gasteiger partial charge in [-0.05, 0) is 79.6 Å². The Hall–Kier alpha value is -4.70. The molecule has 1 aliphatic rings. The van der Waals surface area contributed by atoms with Gasteiger partial charge in [0.15, 0.2) is 0 Å². The largest absolute Gasteiger partial charge is 0.493 e. The van der Waals surface area contributed by atoms with E-state index in [1.807, 2.05) is 24.3 Å². The number of hydrogen-bond donors (Lipinski definition) is 3. The zero-order chi connectivity index (χ0) is 37.7. The minimum Gasteiger partial charge on any atom is -0.493 e. The van der Waals surface area contributed by atoms with Crippen molar-refractivity contribution in [3.05, 3.63) is 105 Å². The Bertz CT molecular complexity index is 1900. The summed E-state index contributed by atoms with van der Waals surface area (Å²) in [5.41, 5.74) is 6.98. The Morgan fingerprint density at radius 2 is 1.79 bits per heavy atom. The Balaban J connectivity index is 1.31. The normalized spacial score (nSPS) is 14.8. The molecule has 0 aliphatic carbocycles. The number of aromatic nitrogens is 1. The van der Waals surface area contributed by atoms with Crippen molar-refractivity contribution in [2.24, 2.45) is 0 Å². The van der Waals surface area contributed by atoms with Gasteiger partial charge in [0.05, 0.1) is 36.5 Å². The van der Waals surface area contributed by atoms with Crippen molar-refractivity contribution in [2.75, 3.05) is 39.5 Å². The number of likely N-dealkylation sites (tertiary alicyclic amines) is 1. The van der Waals surface area contributed by atoms with Crippen LogP contribution in [0.4, 0.5) is 0 Å². The molecule has 0 unspecified atom stereocenters. The number of benzene rings is 3. The molecule has 0 amide bonds. The van der Waals surface area contributed by atoms with Gasteiger partial charge in [0.2, 0.25) is 0 Å². The molecule has 0 spiro atoms. The van der Waals surface area contributed by atoms with Crippen molar-refractivity contribution in [1.82, 2.24) is 15.2 Å². The summed E-state index contributed by atoms with van der Waals surface area (Å²) < 4.78 is 23.8. The lowest BCUT2D eigenvalue weighted by Crippen LogP contribution is -2.40. The number of nitrogens with one attached hydrogen (secondary N) is 1. The standard InChI is InChI=1S/C41H47ClN4O7/c1-4-50-41(49)37(24-47)45-22-32-17-36(42)40(18-39(32)52-25-30-16-29(19-43)20-44-21-30)53-26-31-8-5-9-34(27(31)2)35-10-6-11-38(28(35)3)51-15-7-13-46-14-12-33(48)23-46/h5-6,8-11,16-18,20-21,33,37,45,47-48H,4,7,12-15,22-26H2,1-3H3/t33-,37+/m1/s1. The molecule has 0 saturated carbocycles. The van der Waals surface area contributed by atoms with Gasteiger partial charge in [0, 0.05) is 55.8 Å². The minimum atomic E-state index is -0.934. The first-order valence-electron chi connectivity index (χ1n) is 17.8. The van der Waals surface area contributed by atoms with Crippen molar-refractivity contribution < 1.29 is 34.0 Å². The number of aliphatic hydroxyl groups excluding tert-OH is 2. The van der Waals surface area contributed by atoms with E-state index in [0.29, 0.717) is 39.8 Å². The van der Waals surface area contributed by atoms with E-state index >= 15 is 0 Å². The van der Waals surface area contributed by atoms with E-state index in [1.54, 1.807) is 31.3 Å². The van der Waals surface area contributed by atoms with E-state index in [9.17, 15) is 20.3 Å². The minimum absolute atomic E-state index is 0.115. The number of nitrogens with zero attached hydrogens (tertiary/aromatic N) is 3. The number of nitriles is 1. The number of aliphatic hydroxyl groups is 2. The third-order valence-corrected chi connectivity index (χ3v) is 9.55. The van der Waals surface area contributed by atoms with Crippen LogP contribution >= 0.6 is 11.6 Å². The number of β-amino-alcohol motifs (C(OH)–C–C–N with tert-alkyl or cyclic N) is 1. The number of rotatable bonds is 18. The van der Waals surface area contributed by atoms with Gasteiger partial charge in [0.1, 0.15) is 42.6 Å². The van der Waals surface area contributed by atoms with Crippen LogP contribution in [-0.4, -0.2) is 77.7 Å². The van der Waals surface area contributed by atoms with Crippen LogP contribution in [0, 0.1) is 25.2 Å². The summed E-state index contributed by atoms with van der Waals surface area (Å²) in [6.07, 6.45) is 4.60. The number of halogens is 1. The molecule has 1 saturated heterocycles. The highest BCUT2D eigenvalue weighted by molar-refractivity contribution is 6.32. The lowest BCUT2D eigenvalue weighted by molar-refractivity contribution is -0.146. The maximum Gasteiger partial charge on any atom is 0.325 e. The summed E-state index contributed by atoms with van der Waals surface area (Å²) >= 11 is 6.76. The number of ether oxygens (including phenoxy) is 4. The van der Waals surface area contributed by atoms with Crippen LogP contribution < -0.4 is 19.5 Å². The monoisotopic (exact) mass is 742 g/mol. The third kappa shape index (κ3) is 10.7. The first kappa shape index (κ1) is 39.5. The van der Waals surface area contributed by atoms with Gasteiger partial charge in [-0.2, -0.15) is 5.26 Å². The molecular formula is C41H47ClN4O7. The van der Waals surface area contributed by atoms with E-state index in [0.717, 1.165) is 66.0 Å². The zero-order valence-corrected chi connectivity index (χ0v) is 31.2. The van der Waals surface area contributed by atoms with Crippen LogP contribution in [0.3, 0.4) is 0 Å². The lowest BCUT2D eigenvalue weighted by atomic mass is 9.93. The van der Waals surface area contributed by atoms with Crippen LogP contribution in [0.25, 0.3) is 11.1 Å². The molecule has 53 heavy (non-hydrogen) atoms. The second-order valence-corrected chi connectivity index (χ2v) is 13.4. The zero-order valence-electron chi connectivity index (χ0n) is 30.4. The van der Waals surface area contributed by atoms with Gasteiger partial charge in [-0.25, -0.2) is 0 Å². The summed E-state index contributed by atoms with van der Waals surface area (Å²) in [7, 11) is 0. The Kier molecular flexibility index (Phi) is 14.5. The Morgan fingerprint density at radius 1 is 1.02 bits per heavy atom. The smallest absolute Gasteiger partial charge is 0.325 e. The molecule has 0 radical (unpaired) electrons. The molecule has 12 heteroatoms. The van der Waals surface area contributed by atoms with Gasteiger partial charge >= 0.3 is 5.97 Å². The number of pyridine rings is 1. The molecule has 1 aromatic heterocycles. The molecule has 280 valence electrons. The van der Waals surface area contributed by atoms with Crippen molar-refractivity contribution in [1.29, 1.82) is 5.26 Å². The van der Waals surface area contributed by atoms with Gasteiger partial charge in [0.25, 0.3) is 0 Å². The van der Waals surface area contributed by atoms with Gasteiger partial charge in [-0.1, -0.05) is 41.9 Å². The van der Waals surface area contributed by atoms with Crippen LogP contribution in [0.2, 0.25) is 5.02 Å². The predicted molar refractivity (Wildman–Crippen MR) is 202 cm³/mol. The molecule has 5 rings (SSSR count). The second-order valence-electron chi connectivity index (χ2n) is 13.0. The topological polar surface area (TPSA) is 146 Å². The fourth-order valence-corrected chi connectivity index (χ4v) is 6.52. The number of hydrogen-bond acceptors (Lipinski definition) is 11. The fourth-order valence-electron chi connectivity index (χ4n) is 6.28. The van der Waals surface area contributed by atoms with Crippen LogP contribution in [-0.2, 0) is 29.3 Å². The molecule has 0 bridgehead atoms. The van der Waals surface area contributed by atoms with Crippen LogP contribution in [0.15, 0.2) is 67.0 Å². The first-order chi connectivity index (χ1) is 25.7. The van der Waals surface area contributed by atoms with Crippen molar-refractivity contribution in [3.63, 3.8) is 0 Å².